The third kappa shape index (κ3) is 6.26. The quantitative estimate of drug-likeness (QED) is 0.334. The number of hydrogen-bond donors (Lipinski definition) is 0. The van der Waals surface area contributed by atoms with Crippen molar-refractivity contribution in [3.63, 3.8) is 0 Å². The van der Waals surface area contributed by atoms with Crippen molar-refractivity contribution in [1.82, 2.24) is 0 Å². The molecule has 1 fully saturated rings. The lowest BCUT2D eigenvalue weighted by molar-refractivity contribution is 0.281. The molecule has 0 saturated heterocycles. The molecule has 0 spiro atoms. The van der Waals surface area contributed by atoms with Crippen LogP contribution in [0.15, 0.2) is 72.4 Å². The van der Waals surface area contributed by atoms with Gasteiger partial charge in [0.1, 0.15) is 0 Å². The molecule has 0 amide bonds. The van der Waals surface area contributed by atoms with Gasteiger partial charge in [-0.05, 0) is 108 Å². The number of rotatable bonds is 6. The Morgan fingerprint density at radius 3 is 2.51 bits per heavy atom. The Kier molecular flexibility index (Phi) is 7.96. The highest BCUT2D eigenvalue weighted by molar-refractivity contribution is 5.80. The molecule has 3 aliphatic carbocycles. The predicted molar refractivity (Wildman–Crippen MR) is 171 cm³/mol. The highest BCUT2D eigenvalue weighted by Crippen LogP contribution is 2.44. The van der Waals surface area contributed by atoms with Gasteiger partial charge >= 0.3 is 0 Å². The van der Waals surface area contributed by atoms with Crippen LogP contribution in [0.2, 0.25) is 0 Å². The van der Waals surface area contributed by atoms with Gasteiger partial charge in [0, 0.05) is 5.92 Å². The Balaban J connectivity index is 1.40. The largest absolute Gasteiger partial charge is 0.0986 e. The highest BCUT2D eigenvalue weighted by Gasteiger charge is 2.30. The fourth-order valence-corrected chi connectivity index (χ4v) is 7.72. The first kappa shape index (κ1) is 27.9. The van der Waals surface area contributed by atoms with E-state index in [0.29, 0.717) is 11.8 Å². The van der Waals surface area contributed by atoms with Crippen molar-refractivity contribution in [3.05, 3.63) is 100 Å². The van der Waals surface area contributed by atoms with Gasteiger partial charge in [-0.3, -0.25) is 0 Å². The summed E-state index contributed by atoms with van der Waals surface area (Å²) in [5, 5.41) is 0. The standard InChI is InChI=1S/C39H50/c1-25-11-9-12-30(18-25)21-36-28(4)17-26(2)19-38(36)34-14-10-13-32-20-31(23-37(32)34)22-35-27(3)15-16-33(29(35)5)24-39(6,7)8/h10,13-17,19-20,25,30,33,35H,3,5,9,11-12,18,21-24H2,1-2,4,6-8H3/t25-,30+,33?,35?/m0/s1. The topological polar surface area (TPSA) is 0 Å². The van der Waals surface area contributed by atoms with Crippen molar-refractivity contribution in [2.75, 3.05) is 0 Å². The van der Waals surface area contributed by atoms with Gasteiger partial charge in [-0.1, -0.05) is 125 Å². The van der Waals surface area contributed by atoms with Crippen LogP contribution >= 0.6 is 0 Å². The third-order valence-electron chi connectivity index (χ3n) is 9.63. The van der Waals surface area contributed by atoms with E-state index in [1.807, 2.05) is 0 Å². The summed E-state index contributed by atoms with van der Waals surface area (Å²) in [5.74, 6) is 2.47. The van der Waals surface area contributed by atoms with E-state index in [4.69, 9.17) is 0 Å². The van der Waals surface area contributed by atoms with Crippen molar-refractivity contribution >= 4 is 6.08 Å². The molecular formula is C39H50. The van der Waals surface area contributed by atoms with E-state index in [-0.39, 0.29) is 5.41 Å². The summed E-state index contributed by atoms with van der Waals surface area (Å²) in [7, 11) is 0. The Labute approximate surface area is 239 Å². The first-order chi connectivity index (χ1) is 18.5. The molecule has 0 nitrogen and oxygen atoms in total. The van der Waals surface area contributed by atoms with Crippen molar-refractivity contribution in [2.45, 2.75) is 92.9 Å². The van der Waals surface area contributed by atoms with Crippen molar-refractivity contribution in [3.8, 4) is 11.1 Å². The lowest BCUT2D eigenvalue weighted by Crippen LogP contribution is -2.21. The Morgan fingerprint density at radius 1 is 0.974 bits per heavy atom. The maximum absolute atomic E-state index is 4.62. The molecule has 0 aliphatic heterocycles. The molecule has 39 heavy (non-hydrogen) atoms. The second kappa shape index (κ2) is 11.1. The SMILES string of the molecule is C=C1C=CC(CC(C)(C)C)C(=C)C1CC1=Cc2cccc(-c3cc(C)cc(C)c3C[C@@H]3CCC[C@H](C)C3)c2C1. The highest BCUT2D eigenvalue weighted by atomic mass is 14.3. The van der Waals surface area contributed by atoms with Crippen molar-refractivity contribution < 1.29 is 0 Å². The van der Waals surface area contributed by atoms with Gasteiger partial charge in [0.2, 0.25) is 0 Å². The predicted octanol–water partition coefficient (Wildman–Crippen LogP) is 11.0. The van der Waals surface area contributed by atoms with Crippen LogP contribution in [0.3, 0.4) is 0 Å². The van der Waals surface area contributed by atoms with Gasteiger partial charge in [-0.25, -0.2) is 0 Å². The molecule has 0 aromatic heterocycles. The lowest BCUT2D eigenvalue weighted by Gasteiger charge is -2.33. The van der Waals surface area contributed by atoms with Crippen LogP contribution in [0.25, 0.3) is 17.2 Å². The van der Waals surface area contributed by atoms with E-state index in [0.717, 1.165) is 31.1 Å². The molecule has 4 atom stereocenters. The molecule has 0 bridgehead atoms. The van der Waals surface area contributed by atoms with Crippen molar-refractivity contribution in [1.29, 1.82) is 0 Å². The van der Waals surface area contributed by atoms with E-state index in [1.54, 1.807) is 5.56 Å². The minimum Gasteiger partial charge on any atom is -0.0986 e. The molecule has 206 valence electrons. The number of hydrogen-bond acceptors (Lipinski definition) is 0. The molecule has 0 N–H and O–H groups in total. The van der Waals surface area contributed by atoms with Crippen LogP contribution < -0.4 is 0 Å². The smallest absolute Gasteiger partial charge is 0.00827 e. The fraction of sp³-hybridized carbons (Fsp3) is 0.487. The first-order valence-electron chi connectivity index (χ1n) is 15.5. The molecule has 0 radical (unpaired) electrons. The molecule has 5 rings (SSSR count). The average molecular weight is 519 g/mol. The maximum Gasteiger partial charge on any atom is 0.00827 e. The molecular weight excluding hydrogens is 468 g/mol. The van der Waals surface area contributed by atoms with Crippen LogP contribution in [-0.4, -0.2) is 0 Å². The van der Waals surface area contributed by atoms with E-state index < -0.39 is 0 Å². The average Bonchev–Trinajstić information content (AvgIpc) is 3.27. The summed E-state index contributed by atoms with van der Waals surface area (Å²) < 4.78 is 0. The summed E-state index contributed by atoms with van der Waals surface area (Å²) in [6.07, 6.45) is 17.1. The summed E-state index contributed by atoms with van der Waals surface area (Å²) in [5.41, 5.74) is 14.7. The Bertz CT molecular complexity index is 1320. The van der Waals surface area contributed by atoms with Crippen LogP contribution in [0.4, 0.5) is 0 Å². The third-order valence-corrected chi connectivity index (χ3v) is 9.63. The second-order valence-corrected chi connectivity index (χ2v) is 14.4. The molecule has 3 aliphatic rings. The Morgan fingerprint density at radius 2 is 1.77 bits per heavy atom. The summed E-state index contributed by atoms with van der Waals surface area (Å²) in [6, 6.07) is 11.9. The van der Waals surface area contributed by atoms with E-state index in [1.165, 1.54) is 82.2 Å². The maximum atomic E-state index is 4.62. The molecule has 2 aromatic rings. The zero-order valence-corrected chi connectivity index (χ0v) is 25.5. The normalized spacial score (nSPS) is 25.1. The fourth-order valence-electron chi connectivity index (χ4n) is 7.72. The van der Waals surface area contributed by atoms with E-state index in [9.17, 15) is 0 Å². The molecule has 2 unspecified atom stereocenters. The minimum atomic E-state index is 0.290. The zero-order valence-electron chi connectivity index (χ0n) is 25.5. The number of aryl methyl sites for hydroxylation is 2. The van der Waals surface area contributed by atoms with E-state index in [2.05, 4.69) is 103 Å². The van der Waals surface area contributed by atoms with Crippen LogP contribution in [0, 0.1) is 42.9 Å². The van der Waals surface area contributed by atoms with Gasteiger partial charge < -0.3 is 0 Å². The second-order valence-electron chi connectivity index (χ2n) is 14.4. The van der Waals surface area contributed by atoms with Gasteiger partial charge in [-0.2, -0.15) is 0 Å². The van der Waals surface area contributed by atoms with Crippen LogP contribution in [-0.2, 0) is 12.8 Å². The number of benzene rings is 2. The lowest BCUT2D eigenvalue weighted by atomic mass is 9.71. The minimum absolute atomic E-state index is 0.290. The summed E-state index contributed by atoms with van der Waals surface area (Å²) in [6.45, 7) is 23.1. The summed E-state index contributed by atoms with van der Waals surface area (Å²) >= 11 is 0. The van der Waals surface area contributed by atoms with Crippen LogP contribution in [0.5, 0.6) is 0 Å². The van der Waals surface area contributed by atoms with Crippen LogP contribution in [0.1, 0.15) is 94.0 Å². The molecule has 1 saturated carbocycles. The Hall–Kier alpha value is -2.60. The zero-order chi connectivity index (χ0) is 27.9. The monoisotopic (exact) mass is 518 g/mol. The van der Waals surface area contributed by atoms with Gasteiger partial charge in [0.05, 0.1) is 0 Å². The van der Waals surface area contributed by atoms with Crippen molar-refractivity contribution in [2.24, 2.45) is 29.1 Å². The molecule has 2 aromatic carbocycles. The van der Waals surface area contributed by atoms with E-state index >= 15 is 0 Å². The molecule has 0 heteroatoms. The molecule has 0 heterocycles. The number of fused-ring (bicyclic) bond motifs is 1. The van der Waals surface area contributed by atoms with Gasteiger partial charge in [-0.15, -0.1) is 0 Å². The van der Waals surface area contributed by atoms with Gasteiger partial charge in [0.15, 0.2) is 0 Å². The number of allylic oxidation sites excluding steroid dienone is 5. The summed E-state index contributed by atoms with van der Waals surface area (Å²) in [4.78, 5) is 0. The first-order valence-corrected chi connectivity index (χ1v) is 15.5. The van der Waals surface area contributed by atoms with Gasteiger partial charge in [0.25, 0.3) is 0 Å².